The van der Waals surface area contributed by atoms with E-state index in [1.54, 1.807) is 12.3 Å². The molecule has 0 radical (unpaired) electrons. The third kappa shape index (κ3) is 9.43. The predicted octanol–water partition coefficient (Wildman–Crippen LogP) is 2.42. The Morgan fingerprint density at radius 2 is 2.00 bits per heavy atom. The van der Waals surface area contributed by atoms with Crippen LogP contribution in [0.5, 0.6) is 5.75 Å². The number of pyridine rings is 1. The molecular weight excluding hydrogens is 487 g/mol. The normalized spacial score (nSPS) is 19.9. The van der Waals surface area contributed by atoms with Gasteiger partial charge in [0.25, 0.3) is 0 Å². The Labute approximate surface area is 223 Å². The fourth-order valence-corrected chi connectivity index (χ4v) is 4.33. The van der Waals surface area contributed by atoms with Crippen LogP contribution in [0, 0.1) is 18.2 Å². The molecule has 1 aromatic heterocycles. The monoisotopic (exact) mass is 524 g/mol. The lowest BCUT2D eigenvalue weighted by Gasteiger charge is -2.27. The first-order chi connectivity index (χ1) is 18.4. The molecule has 0 unspecified atom stereocenters. The number of nitrogens with one attached hydrogen (secondary N) is 3. The maximum atomic E-state index is 14.4. The van der Waals surface area contributed by atoms with E-state index in [-0.39, 0.29) is 31.7 Å². The first-order valence-corrected chi connectivity index (χ1v) is 13.1. The maximum absolute atomic E-state index is 14.4. The molecule has 204 valence electrons. The minimum absolute atomic E-state index is 0.0113. The molecule has 8 nitrogen and oxygen atoms in total. The number of rotatable bonds is 7. The van der Waals surface area contributed by atoms with Crippen molar-refractivity contribution in [2.24, 2.45) is 0 Å². The molecule has 2 heterocycles. The number of ether oxygens (including phenoxy) is 1. The molecule has 0 fully saturated rings. The van der Waals surface area contributed by atoms with Crippen LogP contribution in [0.1, 0.15) is 55.7 Å². The van der Waals surface area contributed by atoms with E-state index in [2.05, 4.69) is 33.8 Å². The molecule has 38 heavy (non-hydrogen) atoms. The largest absolute Gasteiger partial charge is 0.493 e. The second-order valence-electron chi connectivity index (χ2n) is 9.56. The highest BCUT2D eigenvalue weighted by molar-refractivity contribution is 5.88. The molecule has 2 bridgehead atoms. The van der Waals surface area contributed by atoms with Gasteiger partial charge in [-0.05, 0) is 60.9 Å². The van der Waals surface area contributed by atoms with Gasteiger partial charge >= 0.3 is 0 Å². The Bertz CT molecular complexity index is 1120. The smallest absolute Gasteiger partial charge is 0.243 e. The maximum Gasteiger partial charge on any atom is 0.243 e. The van der Waals surface area contributed by atoms with E-state index < -0.39 is 29.9 Å². The summed E-state index contributed by atoms with van der Waals surface area (Å²) in [5.41, 5.74) is 2.65. The van der Waals surface area contributed by atoms with Crippen LogP contribution >= 0.6 is 0 Å². The molecule has 1 aromatic carbocycles. The van der Waals surface area contributed by atoms with Gasteiger partial charge in [-0.15, -0.1) is 12.3 Å². The lowest BCUT2D eigenvalue weighted by Crippen LogP contribution is -2.54. The fraction of sp³-hybridized carbons (Fsp3) is 0.483. The van der Waals surface area contributed by atoms with Gasteiger partial charge in [0, 0.05) is 44.4 Å². The highest BCUT2D eigenvalue weighted by Gasteiger charge is 2.27. The average molecular weight is 525 g/mol. The number of amides is 2. The van der Waals surface area contributed by atoms with Gasteiger partial charge in [-0.1, -0.05) is 13.0 Å². The molecule has 2 aromatic rings. The Morgan fingerprint density at radius 1 is 1.18 bits per heavy atom. The summed E-state index contributed by atoms with van der Waals surface area (Å²) in [6.07, 6.45) is 11.4. The van der Waals surface area contributed by atoms with Crippen LogP contribution in [0.25, 0.3) is 0 Å². The fourth-order valence-electron chi connectivity index (χ4n) is 4.33. The summed E-state index contributed by atoms with van der Waals surface area (Å²) >= 11 is 0. The highest BCUT2D eigenvalue weighted by atomic mass is 19.1. The van der Waals surface area contributed by atoms with Gasteiger partial charge in [-0.3, -0.25) is 14.6 Å². The zero-order valence-electron chi connectivity index (χ0n) is 21.8. The average Bonchev–Trinajstić information content (AvgIpc) is 2.89. The zero-order chi connectivity index (χ0) is 27.3. The Kier molecular flexibility index (Phi) is 11.5. The van der Waals surface area contributed by atoms with Gasteiger partial charge < -0.3 is 25.8 Å². The van der Waals surface area contributed by atoms with Gasteiger partial charge in [0.05, 0.1) is 18.8 Å². The van der Waals surface area contributed by atoms with Gasteiger partial charge in [0.1, 0.15) is 17.6 Å². The van der Waals surface area contributed by atoms with Crippen molar-refractivity contribution in [3.05, 3.63) is 59.2 Å². The summed E-state index contributed by atoms with van der Waals surface area (Å²) < 4.78 is 20.1. The van der Waals surface area contributed by atoms with Crippen LogP contribution in [-0.4, -0.2) is 53.2 Å². The standard InChI is InChI=1S/C29H37FN4O4/c1-3-8-25-29(37)34-26(27(35)19-32-18-22-11-20(4-2)16-31-17-22)14-21-12-23(30)15-24(13-21)38-10-7-5-6-9-28(36)33-25/h1,11-13,15-17,25-27,32,35H,4-10,14,18-19H2,2H3,(H,33,36)(H,34,37)/t25-,26-,27+/m0/s1. The number of aliphatic hydroxyl groups excluding tert-OH is 1. The third-order valence-electron chi connectivity index (χ3n) is 6.41. The van der Waals surface area contributed by atoms with Crippen LogP contribution in [0.2, 0.25) is 0 Å². The van der Waals surface area contributed by atoms with Crippen LogP contribution in [0.3, 0.4) is 0 Å². The summed E-state index contributed by atoms with van der Waals surface area (Å²) in [6, 6.07) is 4.72. The predicted molar refractivity (Wildman–Crippen MR) is 143 cm³/mol. The number of terminal acetylenes is 1. The van der Waals surface area contributed by atoms with E-state index in [0.29, 0.717) is 37.3 Å². The number of carbonyl (C=O) groups is 2. The number of benzene rings is 1. The highest BCUT2D eigenvalue weighted by Crippen LogP contribution is 2.19. The molecule has 0 aliphatic carbocycles. The van der Waals surface area contributed by atoms with E-state index >= 15 is 0 Å². The lowest BCUT2D eigenvalue weighted by atomic mass is 9.99. The molecule has 3 rings (SSSR count). The second kappa shape index (κ2) is 15.1. The molecule has 0 saturated heterocycles. The van der Waals surface area contributed by atoms with E-state index in [1.807, 2.05) is 12.3 Å². The topological polar surface area (TPSA) is 113 Å². The summed E-state index contributed by atoms with van der Waals surface area (Å²) in [5, 5.41) is 19.8. The lowest BCUT2D eigenvalue weighted by molar-refractivity contribution is -0.129. The van der Waals surface area contributed by atoms with Gasteiger partial charge in [0.2, 0.25) is 11.8 Å². The van der Waals surface area contributed by atoms with E-state index in [1.165, 1.54) is 12.1 Å². The number of aryl methyl sites for hydroxylation is 1. The third-order valence-corrected chi connectivity index (χ3v) is 6.41. The first kappa shape index (κ1) is 29.1. The van der Waals surface area contributed by atoms with Crippen molar-refractivity contribution in [3.63, 3.8) is 0 Å². The number of hydrogen-bond donors (Lipinski definition) is 4. The molecule has 2 amide bonds. The Balaban J connectivity index is 1.78. The SMILES string of the molecule is C#CC[C@@H]1NC(=O)CCCCCOc2cc(F)cc(c2)C[C@@H]([C@H](O)CNCc2cncc(CC)c2)NC1=O. The Morgan fingerprint density at radius 3 is 2.79 bits per heavy atom. The molecule has 0 spiro atoms. The minimum Gasteiger partial charge on any atom is -0.493 e. The number of aliphatic hydroxyl groups is 1. The molecule has 1 aliphatic rings. The Hall–Kier alpha value is -3.48. The number of aromatic nitrogens is 1. The summed E-state index contributed by atoms with van der Waals surface area (Å²) in [4.78, 5) is 29.8. The van der Waals surface area contributed by atoms with E-state index in [0.717, 1.165) is 24.0 Å². The van der Waals surface area contributed by atoms with Crippen molar-refractivity contribution < 1.29 is 23.8 Å². The summed E-state index contributed by atoms with van der Waals surface area (Å²) in [5.74, 6) is 1.60. The van der Waals surface area contributed by atoms with E-state index in [9.17, 15) is 19.1 Å². The second-order valence-corrected chi connectivity index (χ2v) is 9.56. The molecule has 4 N–H and O–H groups in total. The van der Waals surface area contributed by atoms with Crippen molar-refractivity contribution in [2.75, 3.05) is 13.2 Å². The van der Waals surface area contributed by atoms with Crippen molar-refractivity contribution in [1.82, 2.24) is 20.9 Å². The molecule has 9 heteroatoms. The van der Waals surface area contributed by atoms with Crippen LogP contribution in [0.15, 0.2) is 36.7 Å². The van der Waals surface area contributed by atoms with Crippen molar-refractivity contribution >= 4 is 11.8 Å². The number of nitrogens with zero attached hydrogens (tertiary/aromatic N) is 1. The minimum atomic E-state index is -1.02. The summed E-state index contributed by atoms with van der Waals surface area (Å²) in [6.45, 7) is 3.08. The van der Waals surface area contributed by atoms with Crippen LogP contribution in [0.4, 0.5) is 4.39 Å². The quantitative estimate of drug-likeness (QED) is 0.414. The number of carbonyl (C=O) groups excluding carboxylic acids is 2. The number of fused-ring (bicyclic) bond motifs is 2. The number of halogens is 1. The van der Waals surface area contributed by atoms with Crippen molar-refractivity contribution in [1.29, 1.82) is 0 Å². The first-order valence-electron chi connectivity index (χ1n) is 13.1. The molecule has 0 saturated carbocycles. The molecule has 1 aliphatic heterocycles. The van der Waals surface area contributed by atoms with Gasteiger partial charge in [-0.25, -0.2) is 4.39 Å². The van der Waals surface area contributed by atoms with Crippen LogP contribution < -0.4 is 20.7 Å². The van der Waals surface area contributed by atoms with Gasteiger partial charge in [-0.2, -0.15) is 0 Å². The molecular formula is C29H37FN4O4. The van der Waals surface area contributed by atoms with Crippen molar-refractivity contribution in [2.45, 2.75) is 76.6 Å². The summed E-state index contributed by atoms with van der Waals surface area (Å²) in [7, 11) is 0. The van der Waals surface area contributed by atoms with Crippen molar-refractivity contribution in [3.8, 4) is 18.1 Å². The van der Waals surface area contributed by atoms with Crippen LogP contribution in [-0.2, 0) is 29.0 Å². The number of hydrogen-bond acceptors (Lipinski definition) is 6. The van der Waals surface area contributed by atoms with Gasteiger partial charge in [0.15, 0.2) is 0 Å². The van der Waals surface area contributed by atoms with E-state index in [4.69, 9.17) is 11.2 Å². The zero-order valence-corrected chi connectivity index (χ0v) is 21.8. The molecule has 3 atom stereocenters.